The number of anilines is 3. The fourth-order valence-corrected chi connectivity index (χ4v) is 5.44. The third kappa shape index (κ3) is 5.84. The SMILES string of the molecule is CN(C)CCOc1ccc2c(n1)oc1c(N3CCOCC3)nc(Nc3cc(-c4ccccc4)nn3S(=O)(=O)N(C)C)nc12. The zero-order valence-electron chi connectivity index (χ0n) is 24.4. The Morgan fingerprint density at radius 3 is 2.49 bits per heavy atom. The summed E-state index contributed by atoms with van der Waals surface area (Å²) in [6.45, 7) is 3.48. The Morgan fingerprint density at radius 1 is 1.00 bits per heavy atom. The highest BCUT2D eigenvalue weighted by Crippen LogP contribution is 2.35. The van der Waals surface area contributed by atoms with Crippen LogP contribution < -0.4 is 15.0 Å². The number of aromatic nitrogens is 5. The first kappa shape index (κ1) is 28.8. The van der Waals surface area contributed by atoms with Gasteiger partial charge in [-0.05, 0) is 20.2 Å². The van der Waals surface area contributed by atoms with Crippen molar-refractivity contribution >= 4 is 50.0 Å². The van der Waals surface area contributed by atoms with Crippen LogP contribution in [0.2, 0.25) is 0 Å². The molecule has 0 bridgehead atoms. The molecule has 0 unspecified atom stereocenters. The molecule has 1 saturated heterocycles. The van der Waals surface area contributed by atoms with Gasteiger partial charge in [0.05, 0.1) is 24.3 Å². The number of benzene rings is 1. The van der Waals surface area contributed by atoms with E-state index < -0.39 is 10.2 Å². The van der Waals surface area contributed by atoms with Crippen LogP contribution in [0.1, 0.15) is 0 Å². The van der Waals surface area contributed by atoms with Gasteiger partial charge in [0.15, 0.2) is 11.4 Å². The number of nitrogens with one attached hydrogen (secondary N) is 1. The van der Waals surface area contributed by atoms with E-state index >= 15 is 0 Å². The molecule has 0 atom stereocenters. The largest absolute Gasteiger partial charge is 0.476 e. The molecule has 1 aliphatic heterocycles. The number of fused-ring (bicyclic) bond motifs is 3. The number of ether oxygens (including phenoxy) is 2. The zero-order valence-corrected chi connectivity index (χ0v) is 25.2. The highest BCUT2D eigenvalue weighted by molar-refractivity contribution is 7.87. The first-order valence-electron chi connectivity index (χ1n) is 13.8. The molecule has 4 aromatic heterocycles. The Labute approximate surface area is 249 Å². The second-order valence-corrected chi connectivity index (χ2v) is 12.4. The molecule has 6 rings (SSSR count). The van der Waals surface area contributed by atoms with Crippen molar-refractivity contribution in [2.45, 2.75) is 0 Å². The number of nitrogens with zero attached hydrogens (tertiary/aromatic N) is 8. The van der Waals surface area contributed by atoms with Crippen molar-refractivity contribution in [1.82, 2.24) is 33.3 Å². The maximum absolute atomic E-state index is 13.3. The van der Waals surface area contributed by atoms with Crippen LogP contribution in [0.4, 0.5) is 17.6 Å². The van der Waals surface area contributed by atoms with E-state index in [-0.39, 0.29) is 11.8 Å². The van der Waals surface area contributed by atoms with Crippen LogP contribution in [0, 0.1) is 0 Å². The van der Waals surface area contributed by atoms with Crippen LogP contribution in [0.25, 0.3) is 33.5 Å². The molecular formula is C28H33N9O5S. The Hall–Kier alpha value is -4.31. The van der Waals surface area contributed by atoms with E-state index in [4.69, 9.17) is 23.9 Å². The summed E-state index contributed by atoms with van der Waals surface area (Å²) < 4.78 is 46.2. The minimum Gasteiger partial charge on any atom is -0.476 e. The topological polar surface area (TPSA) is 144 Å². The van der Waals surface area contributed by atoms with Crippen LogP contribution in [-0.2, 0) is 14.9 Å². The molecule has 226 valence electrons. The van der Waals surface area contributed by atoms with Crippen molar-refractivity contribution in [3.05, 3.63) is 48.5 Å². The summed E-state index contributed by atoms with van der Waals surface area (Å²) in [4.78, 5) is 18.2. The predicted molar refractivity (Wildman–Crippen MR) is 163 cm³/mol. The van der Waals surface area contributed by atoms with Crippen LogP contribution >= 0.6 is 0 Å². The van der Waals surface area contributed by atoms with Crippen molar-refractivity contribution in [3.8, 4) is 17.1 Å². The van der Waals surface area contributed by atoms with Gasteiger partial charge >= 0.3 is 10.2 Å². The first-order valence-corrected chi connectivity index (χ1v) is 15.2. The van der Waals surface area contributed by atoms with Crippen LogP contribution in [0.3, 0.4) is 0 Å². The van der Waals surface area contributed by atoms with E-state index in [0.717, 1.165) is 20.5 Å². The predicted octanol–water partition coefficient (Wildman–Crippen LogP) is 2.81. The Bertz CT molecular complexity index is 1850. The monoisotopic (exact) mass is 607 g/mol. The standard InChI is InChI=1S/C28H33N9O5S/c1-34(2)12-17-41-23-11-10-20-24-25(42-27(20)30-23)26(36-13-15-40-16-14-36)32-28(31-24)29-22-18-21(19-8-6-5-7-9-19)33-37(22)43(38,39)35(3)4/h5-11,18H,12-17H2,1-4H3,(H,29,31,32). The van der Waals surface area contributed by atoms with Crippen molar-refractivity contribution in [1.29, 1.82) is 0 Å². The number of furan rings is 1. The number of morpholine rings is 1. The van der Waals surface area contributed by atoms with Gasteiger partial charge in [-0.1, -0.05) is 30.3 Å². The van der Waals surface area contributed by atoms with Gasteiger partial charge in [-0.25, -0.2) is 4.98 Å². The van der Waals surface area contributed by atoms with Gasteiger partial charge in [-0.3, -0.25) is 0 Å². The molecule has 1 aromatic carbocycles. The summed E-state index contributed by atoms with van der Waals surface area (Å²) >= 11 is 0. The summed E-state index contributed by atoms with van der Waals surface area (Å²) in [6, 6.07) is 14.6. The molecule has 5 aromatic rings. The Balaban J connectivity index is 1.45. The quantitative estimate of drug-likeness (QED) is 0.249. The van der Waals surface area contributed by atoms with E-state index in [0.29, 0.717) is 72.5 Å². The average molecular weight is 608 g/mol. The Kier molecular flexibility index (Phi) is 7.87. The fourth-order valence-electron chi connectivity index (χ4n) is 4.60. The molecule has 1 N–H and O–H groups in total. The van der Waals surface area contributed by atoms with E-state index in [2.05, 4.69) is 20.3 Å². The van der Waals surface area contributed by atoms with E-state index in [9.17, 15) is 8.42 Å². The maximum Gasteiger partial charge on any atom is 0.324 e. The molecule has 14 nitrogen and oxygen atoms in total. The van der Waals surface area contributed by atoms with Gasteiger partial charge in [0.2, 0.25) is 17.5 Å². The summed E-state index contributed by atoms with van der Waals surface area (Å²) in [5.41, 5.74) is 2.61. The third-order valence-corrected chi connectivity index (χ3v) is 8.54. The van der Waals surface area contributed by atoms with Crippen LogP contribution in [0.15, 0.2) is 52.9 Å². The van der Waals surface area contributed by atoms with Crippen molar-refractivity contribution < 1.29 is 22.3 Å². The maximum atomic E-state index is 13.3. The average Bonchev–Trinajstić information content (AvgIpc) is 3.59. The number of likely N-dealkylation sites (N-methyl/N-ethyl adjacent to an activating group) is 1. The van der Waals surface area contributed by atoms with E-state index in [1.54, 1.807) is 12.1 Å². The molecule has 0 amide bonds. The lowest BCUT2D eigenvalue weighted by molar-refractivity contribution is 0.122. The second-order valence-electron chi connectivity index (χ2n) is 10.4. The molecule has 0 saturated carbocycles. The molecule has 1 fully saturated rings. The lowest BCUT2D eigenvalue weighted by Gasteiger charge is -2.27. The summed E-state index contributed by atoms with van der Waals surface area (Å²) in [7, 11) is 2.87. The lowest BCUT2D eigenvalue weighted by atomic mass is 10.2. The van der Waals surface area contributed by atoms with Gasteiger partial charge in [0.1, 0.15) is 17.9 Å². The molecular weight excluding hydrogens is 574 g/mol. The summed E-state index contributed by atoms with van der Waals surface area (Å²) in [5, 5.41) is 8.22. The Morgan fingerprint density at radius 2 is 1.77 bits per heavy atom. The van der Waals surface area contributed by atoms with Crippen molar-refractivity contribution in [3.63, 3.8) is 0 Å². The fraction of sp³-hybridized carbons (Fsp3) is 0.357. The second kappa shape index (κ2) is 11.8. The molecule has 0 aliphatic carbocycles. The molecule has 1 aliphatic rings. The smallest absolute Gasteiger partial charge is 0.324 e. The lowest BCUT2D eigenvalue weighted by Crippen LogP contribution is -2.37. The first-order chi connectivity index (χ1) is 20.7. The van der Waals surface area contributed by atoms with Crippen LogP contribution in [-0.4, -0.2) is 109 Å². The van der Waals surface area contributed by atoms with E-state index in [1.807, 2.05) is 55.4 Å². The minimum absolute atomic E-state index is 0.178. The molecule has 5 heterocycles. The zero-order chi connectivity index (χ0) is 30.1. The minimum atomic E-state index is -3.98. The van der Waals surface area contributed by atoms with E-state index in [1.165, 1.54) is 14.1 Å². The van der Waals surface area contributed by atoms with Gasteiger partial charge in [-0.2, -0.15) is 27.8 Å². The molecule has 43 heavy (non-hydrogen) atoms. The summed E-state index contributed by atoms with van der Waals surface area (Å²) in [6.07, 6.45) is 0. The van der Waals surface area contributed by atoms with Gasteiger partial charge < -0.3 is 29.0 Å². The molecule has 0 radical (unpaired) electrons. The number of rotatable bonds is 10. The van der Waals surface area contributed by atoms with Crippen molar-refractivity contribution in [2.24, 2.45) is 0 Å². The summed E-state index contributed by atoms with van der Waals surface area (Å²) in [5.74, 6) is 1.35. The van der Waals surface area contributed by atoms with Crippen LogP contribution in [0.5, 0.6) is 5.88 Å². The number of hydrogen-bond donors (Lipinski definition) is 1. The number of hydrogen-bond acceptors (Lipinski definition) is 12. The molecule has 15 heteroatoms. The normalized spacial score (nSPS) is 14.3. The van der Waals surface area contributed by atoms with Gasteiger partial charge in [-0.15, -0.1) is 4.09 Å². The molecule has 0 spiro atoms. The van der Waals surface area contributed by atoms with Crippen molar-refractivity contribution in [2.75, 3.05) is 77.9 Å². The van der Waals surface area contributed by atoms with Gasteiger partial charge in [0, 0.05) is 51.4 Å². The van der Waals surface area contributed by atoms with Gasteiger partial charge in [0.25, 0.3) is 0 Å². The highest BCUT2D eigenvalue weighted by Gasteiger charge is 2.26. The third-order valence-electron chi connectivity index (χ3n) is 6.90. The number of pyridine rings is 1. The highest BCUT2D eigenvalue weighted by atomic mass is 32.2.